The molecule has 19 heavy (non-hydrogen) atoms. The molecule has 3 heteroatoms. The van der Waals surface area contributed by atoms with E-state index < -0.39 is 0 Å². The number of thioether (sulfide) groups is 1. The van der Waals surface area contributed by atoms with Gasteiger partial charge in [-0.05, 0) is 49.9 Å². The minimum atomic E-state index is 0.333. The Labute approximate surface area is 119 Å². The standard InChI is InChI=1S/C16H23NOS/c1-4-9-17-14(8-10-19-3)15-11-13-7-5-6-12(2)16(13)18-15/h5-7,11,14,17H,4,8-10H2,1-3H3. The van der Waals surface area contributed by atoms with Crippen LogP contribution >= 0.6 is 11.8 Å². The molecule has 0 radical (unpaired) electrons. The molecule has 1 aromatic carbocycles. The largest absolute Gasteiger partial charge is 0.459 e. The normalized spacial score (nSPS) is 13.0. The molecule has 1 N–H and O–H groups in total. The Hall–Kier alpha value is -0.930. The van der Waals surface area contributed by atoms with Crippen molar-refractivity contribution in [3.63, 3.8) is 0 Å². The third-order valence-electron chi connectivity index (χ3n) is 3.35. The quantitative estimate of drug-likeness (QED) is 0.804. The SMILES string of the molecule is CCCNC(CCSC)c1cc2cccc(C)c2o1. The molecule has 1 heterocycles. The van der Waals surface area contributed by atoms with Crippen LogP contribution < -0.4 is 5.32 Å². The topological polar surface area (TPSA) is 25.2 Å². The number of aryl methyl sites for hydroxylation is 1. The Kier molecular flexibility index (Phi) is 5.34. The summed E-state index contributed by atoms with van der Waals surface area (Å²) in [7, 11) is 0. The van der Waals surface area contributed by atoms with Gasteiger partial charge in [-0.2, -0.15) is 11.8 Å². The van der Waals surface area contributed by atoms with Crippen molar-refractivity contribution in [1.82, 2.24) is 5.32 Å². The summed E-state index contributed by atoms with van der Waals surface area (Å²) >= 11 is 1.89. The van der Waals surface area contributed by atoms with Gasteiger partial charge in [-0.15, -0.1) is 0 Å². The molecule has 1 atom stereocenters. The van der Waals surface area contributed by atoms with E-state index in [0.29, 0.717) is 6.04 Å². The average molecular weight is 277 g/mol. The zero-order chi connectivity index (χ0) is 13.7. The van der Waals surface area contributed by atoms with Gasteiger partial charge in [-0.25, -0.2) is 0 Å². The second-order valence-electron chi connectivity index (χ2n) is 4.93. The van der Waals surface area contributed by atoms with Crippen molar-refractivity contribution in [3.8, 4) is 0 Å². The van der Waals surface area contributed by atoms with Crippen molar-refractivity contribution in [2.75, 3.05) is 18.6 Å². The van der Waals surface area contributed by atoms with Gasteiger partial charge < -0.3 is 9.73 Å². The van der Waals surface area contributed by atoms with Gasteiger partial charge in [-0.1, -0.05) is 25.1 Å². The van der Waals surface area contributed by atoms with Gasteiger partial charge in [0, 0.05) is 5.39 Å². The fourth-order valence-electron chi connectivity index (χ4n) is 2.30. The molecule has 0 aliphatic heterocycles. The van der Waals surface area contributed by atoms with Gasteiger partial charge >= 0.3 is 0 Å². The maximum absolute atomic E-state index is 6.08. The smallest absolute Gasteiger partial charge is 0.137 e. The first-order valence-electron chi connectivity index (χ1n) is 6.97. The lowest BCUT2D eigenvalue weighted by Gasteiger charge is -2.15. The lowest BCUT2D eigenvalue weighted by atomic mass is 10.1. The Morgan fingerprint density at radius 3 is 2.89 bits per heavy atom. The van der Waals surface area contributed by atoms with Crippen LogP contribution in [0.2, 0.25) is 0 Å². The number of nitrogens with one attached hydrogen (secondary N) is 1. The van der Waals surface area contributed by atoms with E-state index in [-0.39, 0.29) is 0 Å². The molecular weight excluding hydrogens is 254 g/mol. The van der Waals surface area contributed by atoms with Crippen LogP contribution in [-0.4, -0.2) is 18.6 Å². The van der Waals surface area contributed by atoms with Crippen LogP contribution in [0.5, 0.6) is 0 Å². The Morgan fingerprint density at radius 2 is 2.21 bits per heavy atom. The molecule has 2 rings (SSSR count). The lowest BCUT2D eigenvalue weighted by Crippen LogP contribution is -2.22. The van der Waals surface area contributed by atoms with Crippen LogP contribution in [-0.2, 0) is 0 Å². The van der Waals surface area contributed by atoms with Gasteiger partial charge in [-0.3, -0.25) is 0 Å². The van der Waals surface area contributed by atoms with E-state index in [9.17, 15) is 0 Å². The number of hydrogen-bond acceptors (Lipinski definition) is 3. The maximum Gasteiger partial charge on any atom is 0.137 e. The molecule has 0 saturated carbocycles. The van der Waals surface area contributed by atoms with Crippen LogP contribution in [0, 0.1) is 6.92 Å². The van der Waals surface area contributed by atoms with Crippen LogP contribution in [0.3, 0.4) is 0 Å². The highest BCUT2D eigenvalue weighted by Gasteiger charge is 2.15. The first-order valence-corrected chi connectivity index (χ1v) is 8.37. The maximum atomic E-state index is 6.08. The van der Waals surface area contributed by atoms with Crippen molar-refractivity contribution in [3.05, 3.63) is 35.6 Å². The van der Waals surface area contributed by atoms with Gasteiger partial charge in [0.25, 0.3) is 0 Å². The summed E-state index contributed by atoms with van der Waals surface area (Å²) < 4.78 is 6.08. The lowest BCUT2D eigenvalue weighted by molar-refractivity contribution is 0.422. The summed E-state index contributed by atoms with van der Waals surface area (Å²) in [5.41, 5.74) is 2.24. The highest BCUT2D eigenvalue weighted by Crippen LogP contribution is 2.28. The van der Waals surface area contributed by atoms with Gasteiger partial charge in [0.05, 0.1) is 6.04 Å². The van der Waals surface area contributed by atoms with Gasteiger partial charge in [0.1, 0.15) is 11.3 Å². The van der Waals surface area contributed by atoms with Crippen molar-refractivity contribution >= 4 is 22.7 Å². The molecule has 104 valence electrons. The minimum absolute atomic E-state index is 0.333. The van der Waals surface area contributed by atoms with E-state index in [4.69, 9.17) is 4.42 Å². The van der Waals surface area contributed by atoms with Crippen LogP contribution in [0.25, 0.3) is 11.0 Å². The molecule has 0 bridgehead atoms. The van der Waals surface area contributed by atoms with Crippen molar-refractivity contribution < 1.29 is 4.42 Å². The minimum Gasteiger partial charge on any atom is -0.459 e. The molecule has 0 aliphatic carbocycles. The van der Waals surface area contributed by atoms with Crippen LogP contribution in [0.15, 0.2) is 28.7 Å². The van der Waals surface area contributed by atoms with E-state index in [0.717, 1.165) is 36.5 Å². The molecule has 0 spiro atoms. The third-order valence-corrected chi connectivity index (χ3v) is 4.00. The predicted molar refractivity (Wildman–Crippen MR) is 85.0 cm³/mol. The van der Waals surface area contributed by atoms with Gasteiger partial charge in [0.15, 0.2) is 0 Å². The molecule has 0 aliphatic rings. The highest BCUT2D eigenvalue weighted by molar-refractivity contribution is 7.98. The van der Waals surface area contributed by atoms with Crippen LogP contribution in [0.1, 0.15) is 37.1 Å². The van der Waals surface area contributed by atoms with Gasteiger partial charge in [0.2, 0.25) is 0 Å². The predicted octanol–water partition coefficient (Wildman–Crippen LogP) is 4.54. The second kappa shape index (κ2) is 7.01. The zero-order valence-corrected chi connectivity index (χ0v) is 12.8. The second-order valence-corrected chi connectivity index (χ2v) is 5.92. The summed E-state index contributed by atoms with van der Waals surface area (Å²) in [5, 5.41) is 4.80. The number of furan rings is 1. The summed E-state index contributed by atoms with van der Waals surface area (Å²) in [6, 6.07) is 8.84. The summed E-state index contributed by atoms with van der Waals surface area (Å²) in [6.07, 6.45) is 4.41. The molecule has 0 amide bonds. The molecule has 2 aromatic rings. The summed E-state index contributed by atoms with van der Waals surface area (Å²) in [4.78, 5) is 0. The number of fused-ring (bicyclic) bond motifs is 1. The summed E-state index contributed by atoms with van der Waals surface area (Å²) in [6.45, 7) is 5.34. The molecule has 1 unspecified atom stereocenters. The first-order chi connectivity index (χ1) is 9.26. The van der Waals surface area contributed by atoms with E-state index in [1.807, 2.05) is 11.8 Å². The van der Waals surface area contributed by atoms with Crippen molar-refractivity contribution in [1.29, 1.82) is 0 Å². The van der Waals surface area contributed by atoms with Crippen molar-refractivity contribution in [2.45, 2.75) is 32.7 Å². The molecule has 0 saturated heterocycles. The number of benzene rings is 1. The molecule has 1 aromatic heterocycles. The molecule has 2 nitrogen and oxygen atoms in total. The highest BCUT2D eigenvalue weighted by atomic mass is 32.2. The monoisotopic (exact) mass is 277 g/mol. The van der Waals surface area contributed by atoms with E-state index in [2.05, 4.69) is 49.7 Å². The number of rotatable bonds is 7. The van der Waals surface area contributed by atoms with E-state index in [1.54, 1.807) is 0 Å². The Balaban J connectivity index is 2.24. The Bertz CT molecular complexity index is 512. The molecule has 0 fully saturated rings. The van der Waals surface area contributed by atoms with E-state index >= 15 is 0 Å². The summed E-state index contributed by atoms with van der Waals surface area (Å²) in [5.74, 6) is 2.23. The van der Waals surface area contributed by atoms with Crippen LogP contribution in [0.4, 0.5) is 0 Å². The number of para-hydroxylation sites is 1. The molecular formula is C16H23NOS. The zero-order valence-electron chi connectivity index (χ0n) is 12.0. The van der Waals surface area contributed by atoms with E-state index in [1.165, 1.54) is 10.9 Å². The average Bonchev–Trinajstić information content (AvgIpc) is 2.84. The number of hydrogen-bond donors (Lipinski definition) is 1. The third kappa shape index (κ3) is 3.54. The fourth-order valence-corrected chi connectivity index (χ4v) is 2.77. The van der Waals surface area contributed by atoms with Crippen molar-refractivity contribution in [2.24, 2.45) is 0 Å². The first kappa shape index (κ1) is 14.5. The fraction of sp³-hybridized carbons (Fsp3) is 0.500. The Morgan fingerprint density at radius 1 is 1.37 bits per heavy atom.